The summed E-state index contributed by atoms with van der Waals surface area (Å²) in [6.07, 6.45) is 0. The number of ether oxygens (including phenoxy) is 1. The van der Waals surface area contributed by atoms with Crippen molar-refractivity contribution in [1.29, 1.82) is 0 Å². The maximum absolute atomic E-state index is 5.21. The van der Waals surface area contributed by atoms with E-state index in [2.05, 4.69) is 40.3 Å². The summed E-state index contributed by atoms with van der Waals surface area (Å²) in [5.41, 5.74) is 4.34. The Kier molecular flexibility index (Phi) is 3.98. The summed E-state index contributed by atoms with van der Waals surface area (Å²) in [5, 5.41) is 8.70. The van der Waals surface area contributed by atoms with E-state index in [1.165, 1.54) is 5.56 Å². The van der Waals surface area contributed by atoms with Gasteiger partial charge in [-0.25, -0.2) is 4.98 Å². The van der Waals surface area contributed by atoms with Crippen LogP contribution in [0.15, 0.2) is 30.3 Å². The summed E-state index contributed by atoms with van der Waals surface area (Å²) in [5.74, 6) is 1.12. The highest BCUT2D eigenvalue weighted by Gasteiger charge is 2.15. The van der Waals surface area contributed by atoms with Gasteiger partial charge in [0, 0.05) is 11.6 Å². The molecule has 1 aromatic carbocycles. The van der Waals surface area contributed by atoms with E-state index in [0.29, 0.717) is 0 Å². The molecule has 4 nitrogen and oxygen atoms in total. The highest BCUT2D eigenvalue weighted by molar-refractivity contribution is 7.15. The second kappa shape index (κ2) is 5.93. The number of rotatable bonds is 4. The molecular weight excluding hydrogens is 294 g/mol. The quantitative estimate of drug-likeness (QED) is 0.781. The van der Waals surface area contributed by atoms with Crippen LogP contribution in [0.1, 0.15) is 34.8 Å². The van der Waals surface area contributed by atoms with Crippen molar-refractivity contribution in [1.82, 2.24) is 15.2 Å². The minimum absolute atomic E-state index is 0.251. The molecule has 0 unspecified atom stereocenters. The highest BCUT2D eigenvalue weighted by Crippen LogP contribution is 2.31. The van der Waals surface area contributed by atoms with Crippen molar-refractivity contribution in [2.75, 3.05) is 7.11 Å². The standard InChI is InChI=1S/C17H19N3OS/c1-10(13-5-7-14(21-4)8-6-13)15-9-16(20-19-15)17-11(2)18-12(3)22-17/h5-10H,1-4H3,(H,19,20)/t10-/m0/s1. The van der Waals surface area contributed by atoms with Crippen LogP contribution in [-0.2, 0) is 0 Å². The van der Waals surface area contributed by atoms with Gasteiger partial charge < -0.3 is 4.74 Å². The van der Waals surface area contributed by atoms with Gasteiger partial charge in [0.2, 0.25) is 0 Å². The van der Waals surface area contributed by atoms with E-state index in [9.17, 15) is 0 Å². The molecule has 1 atom stereocenters. The van der Waals surface area contributed by atoms with Crippen LogP contribution in [0.3, 0.4) is 0 Å². The topological polar surface area (TPSA) is 50.8 Å². The lowest BCUT2D eigenvalue weighted by Crippen LogP contribution is -1.96. The van der Waals surface area contributed by atoms with Gasteiger partial charge in [-0.3, -0.25) is 5.10 Å². The van der Waals surface area contributed by atoms with Crippen molar-refractivity contribution >= 4 is 11.3 Å². The number of hydrogen-bond donors (Lipinski definition) is 1. The third-order valence-electron chi connectivity index (χ3n) is 3.82. The Hall–Kier alpha value is -2.14. The smallest absolute Gasteiger partial charge is 0.118 e. The van der Waals surface area contributed by atoms with Gasteiger partial charge in [-0.15, -0.1) is 11.3 Å². The number of H-pyrrole nitrogens is 1. The Morgan fingerprint density at radius 1 is 1.18 bits per heavy atom. The predicted molar refractivity (Wildman–Crippen MR) is 89.7 cm³/mol. The van der Waals surface area contributed by atoms with E-state index in [0.717, 1.165) is 32.7 Å². The van der Waals surface area contributed by atoms with Crippen molar-refractivity contribution in [3.05, 3.63) is 52.3 Å². The summed E-state index contributed by atoms with van der Waals surface area (Å²) in [7, 11) is 1.68. The minimum atomic E-state index is 0.251. The number of thiazole rings is 1. The molecule has 0 amide bonds. The van der Waals surface area contributed by atoms with E-state index in [1.54, 1.807) is 18.4 Å². The van der Waals surface area contributed by atoms with Crippen LogP contribution in [0.2, 0.25) is 0 Å². The van der Waals surface area contributed by atoms with Gasteiger partial charge in [-0.05, 0) is 37.6 Å². The summed E-state index contributed by atoms with van der Waals surface area (Å²) < 4.78 is 5.21. The van der Waals surface area contributed by atoms with Crippen molar-refractivity contribution in [3.8, 4) is 16.3 Å². The highest BCUT2D eigenvalue weighted by atomic mass is 32.1. The third kappa shape index (κ3) is 2.76. The van der Waals surface area contributed by atoms with Gasteiger partial charge in [-0.1, -0.05) is 19.1 Å². The molecule has 2 heterocycles. The first-order valence-corrected chi connectivity index (χ1v) is 8.03. The Labute approximate surface area is 134 Å². The Bertz CT molecular complexity index is 774. The molecule has 0 saturated heterocycles. The van der Waals surface area contributed by atoms with Gasteiger partial charge in [0.15, 0.2) is 0 Å². The molecule has 0 bridgehead atoms. The molecule has 22 heavy (non-hydrogen) atoms. The molecule has 0 saturated carbocycles. The summed E-state index contributed by atoms with van der Waals surface area (Å²) in [4.78, 5) is 5.61. The summed E-state index contributed by atoms with van der Waals surface area (Å²) in [6.45, 7) is 6.22. The second-order valence-corrected chi connectivity index (χ2v) is 6.55. The largest absolute Gasteiger partial charge is 0.497 e. The molecule has 0 aliphatic rings. The fourth-order valence-corrected chi connectivity index (χ4v) is 3.40. The fraction of sp³-hybridized carbons (Fsp3) is 0.294. The van der Waals surface area contributed by atoms with Crippen LogP contribution in [0.25, 0.3) is 10.6 Å². The Balaban J connectivity index is 1.87. The molecule has 114 valence electrons. The zero-order valence-electron chi connectivity index (χ0n) is 13.2. The Morgan fingerprint density at radius 3 is 2.50 bits per heavy atom. The van der Waals surface area contributed by atoms with Gasteiger partial charge in [0.1, 0.15) is 11.4 Å². The van der Waals surface area contributed by atoms with E-state index in [-0.39, 0.29) is 5.92 Å². The van der Waals surface area contributed by atoms with Gasteiger partial charge in [0.25, 0.3) is 0 Å². The van der Waals surface area contributed by atoms with Crippen LogP contribution < -0.4 is 4.74 Å². The van der Waals surface area contributed by atoms with Crippen molar-refractivity contribution < 1.29 is 4.74 Å². The monoisotopic (exact) mass is 313 g/mol. The van der Waals surface area contributed by atoms with E-state index in [4.69, 9.17) is 4.74 Å². The maximum atomic E-state index is 5.21. The average Bonchev–Trinajstić information content (AvgIpc) is 3.13. The summed E-state index contributed by atoms with van der Waals surface area (Å²) in [6, 6.07) is 10.3. The third-order valence-corrected chi connectivity index (χ3v) is 4.91. The van der Waals surface area contributed by atoms with Gasteiger partial charge >= 0.3 is 0 Å². The lowest BCUT2D eigenvalue weighted by atomic mass is 9.97. The first-order valence-electron chi connectivity index (χ1n) is 7.22. The number of nitrogens with one attached hydrogen (secondary N) is 1. The molecule has 0 fully saturated rings. The number of hydrogen-bond acceptors (Lipinski definition) is 4. The van der Waals surface area contributed by atoms with Crippen molar-refractivity contribution in [2.45, 2.75) is 26.7 Å². The van der Waals surface area contributed by atoms with E-state index >= 15 is 0 Å². The molecular formula is C17H19N3OS. The molecule has 1 N–H and O–H groups in total. The normalized spacial score (nSPS) is 12.4. The molecule has 5 heteroatoms. The zero-order chi connectivity index (χ0) is 15.7. The molecule has 0 radical (unpaired) electrons. The lowest BCUT2D eigenvalue weighted by Gasteiger charge is -2.10. The number of benzene rings is 1. The first kappa shape index (κ1) is 14.8. The predicted octanol–water partition coefficient (Wildman–Crippen LogP) is 4.31. The average molecular weight is 313 g/mol. The van der Waals surface area contributed by atoms with E-state index in [1.807, 2.05) is 26.0 Å². The van der Waals surface area contributed by atoms with E-state index < -0.39 is 0 Å². The molecule has 0 spiro atoms. The van der Waals surface area contributed by atoms with Crippen LogP contribution in [0, 0.1) is 13.8 Å². The number of aromatic amines is 1. The van der Waals surface area contributed by atoms with Crippen molar-refractivity contribution in [3.63, 3.8) is 0 Å². The zero-order valence-corrected chi connectivity index (χ0v) is 14.0. The maximum Gasteiger partial charge on any atom is 0.118 e. The van der Waals surface area contributed by atoms with Gasteiger partial charge in [-0.2, -0.15) is 5.10 Å². The second-order valence-electron chi connectivity index (χ2n) is 5.35. The van der Waals surface area contributed by atoms with Crippen LogP contribution in [-0.4, -0.2) is 22.3 Å². The number of aromatic nitrogens is 3. The minimum Gasteiger partial charge on any atom is -0.497 e. The van der Waals surface area contributed by atoms with Crippen LogP contribution >= 0.6 is 11.3 Å². The summed E-state index contributed by atoms with van der Waals surface area (Å²) >= 11 is 1.68. The van der Waals surface area contributed by atoms with Crippen molar-refractivity contribution in [2.24, 2.45) is 0 Å². The molecule has 3 aromatic rings. The van der Waals surface area contributed by atoms with Gasteiger partial charge in [0.05, 0.1) is 22.7 Å². The Morgan fingerprint density at radius 2 is 1.91 bits per heavy atom. The molecule has 3 rings (SSSR count). The fourth-order valence-electron chi connectivity index (χ4n) is 2.52. The lowest BCUT2D eigenvalue weighted by molar-refractivity contribution is 0.414. The van der Waals surface area contributed by atoms with Crippen LogP contribution in [0.5, 0.6) is 5.75 Å². The SMILES string of the molecule is COc1ccc([C@H](C)c2cc(-c3sc(C)nc3C)n[nH]2)cc1. The number of nitrogens with zero attached hydrogens (tertiary/aromatic N) is 2. The molecule has 2 aromatic heterocycles. The molecule has 0 aliphatic heterocycles. The van der Waals surface area contributed by atoms with Crippen LogP contribution in [0.4, 0.5) is 0 Å². The molecule has 0 aliphatic carbocycles. The number of aryl methyl sites for hydroxylation is 2. The first-order chi connectivity index (χ1) is 10.6. The number of methoxy groups -OCH3 is 1.